The third-order valence-electron chi connectivity index (χ3n) is 3.58. The fourth-order valence-electron chi connectivity index (χ4n) is 2.40. The minimum absolute atomic E-state index is 0.103. The van der Waals surface area contributed by atoms with Crippen LogP contribution in [0.5, 0.6) is 0 Å². The molecule has 0 spiro atoms. The molecule has 22 heavy (non-hydrogen) atoms. The van der Waals surface area contributed by atoms with E-state index in [2.05, 4.69) is 40.9 Å². The van der Waals surface area contributed by atoms with E-state index in [4.69, 9.17) is 0 Å². The average molecular weight is 292 g/mol. The molecule has 0 fully saturated rings. The number of para-hydroxylation sites is 1. The second kappa shape index (κ2) is 4.37. The Balaban J connectivity index is 1.98. The summed E-state index contributed by atoms with van der Waals surface area (Å²) in [4.78, 5) is 9.18. The summed E-state index contributed by atoms with van der Waals surface area (Å²) in [7, 11) is 0. The number of fused-ring (bicyclic) bond motifs is 3. The van der Waals surface area contributed by atoms with E-state index < -0.39 is 0 Å². The standard InChI is InChI=1S/C16H16N6/c1-16(2,3)15-19-14-12-9-18-22(11-7-5-4-6-8-11)13(12)17-10-21(14)20-15/h4-10H,1-3H3. The van der Waals surface area contributed by atoms with Crippen LogP contribution in [0.2, 0.25) is 0 Å². The van der Waals surface area contributed by atoms with E-state index in [1.807, 2.05) is 35.0 Å². The van der Waals surface area contributed by atoms with Crippen molar-refractivity contribution in [3.63, 3.8) is 0 Å². The number of hydrogen-bond acceptors (Lipinski definition) is 4. The summed E-state index contributed by atoms with van der Waals surface area (Å²) >= 11 is 0. The Labute approximate surface area is 127 Å². The highest BCUT2D eigenvalue weighted by atomic mass is 15.3. The highest BCUT2D eigenvalue weighted by Gasteiger charge is 2.21. The van der Waals surface area contributed by atoms with Gasteiger partial charge in [0.05, 0.1) is 17.3 Å². The molecule has 1 aromatic carbocycles. The van der Waals surface area contributed by atoms with Gasteiger partial charge in [0.1, 0.15) is 6.33 Å². The van der Waals surface area contributed by atoms with Crippen LogP contribution in [0, 0.1) is 0 Å². The van der Waals surface area contributed by atoms with Crippen molar-refractivity contribution in [2.24, 2.45) is 0 Å². The zero-order valence-electron chi connectivity index (χ0n) is 12.7. The van der Waals surface area contributed by atoms with Crippen LogP contribution >= 0.6 is 0 Å². The molecule has 0 saturated heterocycles. The Morgan fingerprint density at radius 3 is 2.50 bits per heavy atom. The SMILES string of the molecule is CC(C)(C)c1nc2c3cnn(-c4ccccc4)c3ncn2n1. The van der Waals surface area contributed by atoms with E-state index in [1.54, 1.807) is 17.0 Å². The molecule has 6 heteroatoms. The van der Waals surface area contributed by atoms with Gasteiger partial charge in [0.2, 0.25) is 0 Å². The van der Waals surface area contributed by atoms with E-state index in [9.17, 15) is 0 Å². The van der Waals surface area contributed by atoms with Crippen LogP contribution in [0.1, 0.15) is 26.6 Å². The predicted molar refractivity (Wildman–Crippen MR) is 84.1 cm³/mol. The van der Waals surface area contributed by atoms with E-state index in [0.717, 1.165) is 28.2 Å². The smallest absolute Gasteiger partial charge is 0.170 e. The molecule has 4 rings (SSSR count). The summed E-state index contributed by atoms with van der Waals surface area (Å²) in [6.45, 7) is 6.29. The van der Waals surface area contributed by atoms with Crippen LogP contribution in [-0.4, -0.2) is 29.4 Å². The second-order valence-electron chi connectivity index (χ2n) is 6.33. The molecule has 0 aliphatic rings. The Morgan fingerprint density at radius 2 is 1.77 bits per heavy atom. The molecule has 0 atom stereocenters. The van der Waals surface area contributed by atoms with E-state index in [1.165, 1.54) is 0 Å². The molecule has 0 unspecified atom stereocenters. The van der Waals surface area contributed by atoms with Crippen LogP contribution in [0.25, 0.3) is 22.4 Å². The number of aromatic nitrogens is 6. The topological polar surface area (TPSA) is 60.9 Å². The highest BCUT2D eigenvalue weighted by molar-refractivity contribution is 5.89. The average Bonchev–Trinajstić information content (AvgIpc) is 3.11. The van der Waals surface area contributed by atoms with Gasteiger partial charge in [-0.2, -0.15) is 5.10 Å². The van der Waals surface area contributed by atoms with Gasteiger partial charge in [-0.1, -0.05) is 39.0 Å². The number of rotatable bonds is 1. The lowest BCUT2D eigenvalue weighted by atomic mass is 9.96. The van der Waals surface area contributed by atoms with Crippen molar-refractivity contribution in [2.45, 2.75) is 26.2 Å². The van der Waals surface area contributed by atoms with Crippen LogP contribution in [-0.2, 0) is 5.41 Å². The van der Waals surface area contributed by atoms with Gasteiger partial charge in [0, 0.05) is 5.41 Å². The Bertz CT molecular complexity index is 959. The van der Waals surface area contributed by atoms with Gasteiger partial charge >= 0.3 is 0 Å². The van der Waals surface area contributed by atoms with Crippen molar-refractivity contribution in [1.82, 2.24) is 29.4 Å². The predicted octanol–water partition coefficient (Wildman–Crippen LogP) is 2.76. The molecule has 3 aromatic heterocycles. The molecule has 0 aliphatic heterocycles. The Hall–Kier alpha value is -2.76. The zero-order chi connectivity index (χ0) is 15.3. The number of benzene rings is 1. The van der Waals surface area contributed by atoms with Crippen molar-refractivity contribution in [3.8, 4) is 5.69 Å². The van der Waals surface area contributed by atoms with Crippen molar-refractivity contribution >= 4 is 16.7 Å². The molecule has 110 valence electrons. The van der Waals surface area contributed by atoms with Crippen molar-refractivity contribution < 1.29 is 0 Å². The third kappa shape index (κ3) is 1.88. The molecule has 0 amide bonds. The fourth-order valence-corrected chi connectivity index (χ4v) is 2.40. The van der Waals surface area contributed by atoms with Crippen LogP contribution in [0.4, 0.5) is 0 Å². The van der Waals surface area contributed by atoms with Gasteiger partial charge in [0.25, 0.3) is 0 Å². The van der Waals surface area contributed by atoms with Gasteiger partial charge in [-0.3, -0.25) is 0 Å². The largest absolute Gasteiger partial charge is 0.216 e. The summed E-state index contributed by atoms with van der Waals surface area (Å²) in [6.07, 6.45) is 3.49. The van der Waals surface area contributed by atoms with E-state index >= 15 is 0 Å². The van der Waals surface area contributed by atoms with Crippen LogP contribution in [0.15, 0.2) is 42.9 Å². The lowest BCUT2D eigenvalue weighted by Crippen LogP contribution is -2.13. The molecule has 0 N–H and O–H groups in total. The molecule has 0 saturated carbocycles. The second-order valence-corrected chi connectivity index (χ2v) is 6.33. The first-order valence-corrected chi connectivity index (χ1v) is 7.19. The zero-order valence-corrected chi connectivity index (χ0v) is 12.7. The molecule has 0 aliphatic carbocycles. The van der Waals surface area contributed by atoms with Gasteiger partial charge in [-0.25, -0.2) is 19.2 Å². The lowest BCUT2D eigenvalue weighted by Gasteiger charge is -2.11. The fraction of sp³-hybridized carbons (Fsp3) is 0.250. The molecular formula is C16H16N6. The number of nitrogens with zero attached hydrogens (tertiary/aromatic N) is 6. The highest BCUT2D eigenvalue weighted by Crippen LogP contribution is 2.23. The molecule has 6 nitrogen and oxygen atoms in total. The maximum atomic E-state index is 4.68. The van der Waals surface area contributed by atoms with Crippen molar-refractivity contribution in [3.05, 3.63) is 48.7 Å². The normalized spacial score (nSPS) is 12.3. The van der Waals surface area contributed by atoms with E-state index in [0.29, 0.717) is 0 Å². The quantitative estimate of drug-likeness (QED) is 0.541. The third-order valence-corrected chi connectivity index (χ3v) is 3.58. The Kier molecular flexibility index (Phi) is 2.57. The summed E-state index contributed by atoms with van der Waals surface area (Å²) in [5, 5.41) is 9.88. The monoisotopic (exact) mass is 292 g/mol. The summed E-state index contributed by atoms with van der Waals surface area (Å²) in [6, 6.07) is 9.95. The van der Waals surface area contributed by atoms with Gasteiger partial charge in [-0.05, 0) is 12.1 Å². The molecule has 4 aromatic rings. The molecule has 0 bridgehead atoms. The minimum Gasteiger partial charge on any atom is -0.216 e. The molecule has 0 radical (unpaired) electrons. The molecule has 3 heterocycles. The van der Waals surface area contributed by atoms with Crippen molar-refractivity contribution in [1.29, 1.82) is 0 Å². The maximum Gasteiger partial charge on any atom is 0.170 e. The first kappa shape index (κ1) is 12.9. The van der Waals surface area contributed by atoms with E-state index in [-0.39, 0.29) is 5.41 Å². The number of hydrogen-bond donors (Lipinski definition) is 0. The van der Waals surface area contributed by atoms with Crippen LogP contribution in [0.3, 0.4) is 0 Å². The summed E-state index contributed by atoms with van der Waals surface area (Å²) < 4.78 is 3.54. The maximum absolute atomic E-state index is 4.68. The van der Waals surface area contributed by atoms with Gasteiger partial charge in [-0.15, -0.1) is 5.10 Å². The lowest BCUT2D eigenvalue weighted by molar-refractivity contribution is 0.545. The first-order valence-electron chi connectivity index (χ1n) is 7.19. The first-order chi connectivity index (χ1) is 10.5. The summed E-state index contributed by atoms with van der Waals surface area (Å²) in [5.41, 5.74) is 2.45. The van der Waals surface area contributed by atoms with Crippen LogP contribution < -0.4 is 0 Å². The van der Waals surface area contributed by atoms with Crippen molar-refractivity contribution in [2.75, 3.05) is 0 Å². The molecular weight excluding hydrogens is 276 g/mol. The van der Waals surface area contributed by atoms with Gasteiger partial charge < -0.3 is 0 Å². The minimum atomic E-state index is -0.103. The Morgan fingerprint density at radius 1 is 1.00 bits per heavy atom. The van der Waals surface area contributed by atoms with Gasteiger partial charge in [0.15, 0.2) is 17.1 Å². The summed E-state index contributed by atoms with van der Waals surface area (Å²) in [5.74, 6) is 0.800.